The van der Waals surface area contributed by atoms with E-state index in [0.717, 1.165) is 0 Å². The lowest BCUT2D eigenvalue weighted by molar-refractivity contribution is -0.375. The maximum Gasteiger partial charge on any atom is 0.355 e. The molecule has 0 unspecified atom stereocenters. The van der Waals surface area contributed by atoms with Crippen molar-refractivity contribution in [3.05, 3.63) is 47.3 Å². The molecule has 6 N–H and O–H groups in total. The lowest BCUT2D eigenvalue weighted by Gasteiger charge is -2.60. The van der Waals surface area contributed by atoms with E-state index < -0.39 is 57.2 Å². The van der Waals surface area contributed by atoms with Crippen LogP contribution in [0.25, 0.3) is 0 Å². The Morgan fingerprint density at radius 1 is 1.24 bits per heavy atom. The molecule has 6 bridgehead atoms. The highest BCUT2D eigenvalue weighted by Crippen LogP contribution is 2.89. The standard InChI is InChI=1S/C25H31NO8/c1-12(2)15-17(33-18(28)14-7-6-10-26-14)23(31)19(4)11-22(30)20(15,5)25(23,32)24(34-22)16(27)13(3)8-9-21(19,24)29/h6-7,10,16-17,26-27,29-32H,3,8-9,11H2,1-2,4-5H3/t16-,17-,19+,20+,21+,22+,23-,24-,25-/m1/s1. The van der Waals surface area contributed by atoms with Gasteiger partial charge in [0, 0.05) is 18.0 Å². The van der Waals surface area contributed by atoms with Crippen molar-refractivity contribution >= 4 is 5.97 Å². The maximum atomic E-state index is 13.1. The number of ether oxygens (including phenoxy) is 2. The summed E-state index contributed by atoms with van der Waals surface area (Å²) >= 11 is 0. The molecule has 1 aromatic rings. The molecule has 4 aliphatic carbocycles. The van der Waals surface area contributed by atoms with Crippen LogP contribution in [-0.2, 0) is 9.47 Å². The monoisotopic (exact) mass is 473 g/mol. The second-order valence-electron chi connectivity index (χ2n) is 11.4. The number of allylic oxidation sites excluding steroid dienone is 1. The molecule has 3 heterocycles. The fraction of sp³-hybridized carbons (Fsp3) is 0.640. The Labute approximate surface area is 196 Å². The molecule has 2 aliphatic heterocycles. The third-order valence-electron chi connectivity index (χ3n) is 10.2. The summed E-state index contributed by atoms with van der Waals surface area (Å²) in [6.45, 7) is 10.5. The fourth-order valence-electron chi connectivity index (χ4n) is 8.84. The first kappa shape index (κ1) is 22.5. The number of esters is 1. The summed E-state index contributed by atoms with van der Waals surface area (Å²) in [6, 6.07) is 3.15. The minimum Gasteiger partial charge on any atom is -0.450 e. The third-order valence-corrected chi connectivity index (χ3v) is 10.2. The van der Waals surface area contributed by atoms with Crippen LogP contribution in [0, 0.1) is 10.8 Å². The van der Waals surface area contributed by atoms with E-state index in [1.807, 2.05) is 0 Å². The zero-order valence-corrected chi connectivity index (χ0v) is 19.7. The van der Waals surface area contributed by atoms with Gasteiger partial charge in [0.15, 0.2) is 17.5 Å². The molecular formula is C25H31NO8. The number of aromatic nitrogens is 1. The van der Waals surface area contributed by atoms with Gasteiger partial charge in [-0.25, -0.2) is 4.79 Å². The second kappa shape index (κ2) is 5.69. The topological polar surface area (TPSA) is 152 Å². The van der Waals surface area contributed by atoms with Gasteiger partial charge in [-0.15, -0.1) is 0 Å². The van der Waals surface area contributed by atoms with Gasteiger partial charge in [-0.2, -0.15) is 0 Å². The molecule has 1 spiro atoms. The highest BCUT2D eigenvalue weighted by molar-refractivity contribution is 5.88. The Hall–Kier alpha value is -2.01. The SMILES string of the molecule is C=C1CC[C@]2(O)[C@]3(C)C[C@]4(O)O[C@@]2([C@@H]1O)[C@@]1(O)[C@@]4(C)C(=C(C)C)[C@@H](OC(=O)c2ccc[nH]2)[C@@]31O. The number of nitrogens with one attached hydrogen (secondary N) is 1. The number of aliphatic hydroxyl groups is 5. The maximum absolute atomic E-state index is 13.1. The number of aromatic amines is 1. The molecule has 184 valence electrons. The van der Waals surface area contributed by atoms with Gasteiger partial charge in [0.1, 0.15) is 28.6 Å². The minimum absolute atomic E-state index is 0.0393. The Balaban J connectivity index is 1.69. The predicted octanol–water partition coefficient (Wildman–Crippen LogP) is 0.682. The first-order valence-corrected chi connectivity index (χ1v) is 11.6. The Morgan fingerprint density at radius 3 is 2.50 bits per heavy atom. The van der Waals surface area contributed by atoms with Crippen LogP contribution in [0.15, 0.2) is 41.6 Å². The molecule has 4 saturated carbocycles. The molecule has 0 aromatic carbocycles. The molecule has 9 atom stereocenters. The number of aliphatic hydroxyl groups excluding tert-OH is 1. The van der Waals surface area contributed by atoms with Gasteiger partial charge < -0.3 is 40.0 Å². The van der Waals surface area contributed by atoms with Crippen molar-refractivity contribution in [1.29, 1.82) is 0 Å². The number of rotatable bonds is 2. The first-order valence-electron chi connectivity index (χ1n) is 11.6. The van der Waals surface area contributed by atoms with Gasteiger partial charge >= 0.3 is 5.97 Å². The lowest BCUT2D eigenvalue weighted by Crippen LogP contribution is -2.73. The van der Waals surface area contributed by atoms with Crippen LogP contribution in [0.5, 0.6) is 0 Å². The van der Waals surface area contributed by atoms with E-state index in [1.54, 1.807) is 40.0 Å². The van der Waals surface area contributed by atoms with E-state index in [1.165, 1.54) is 6.07 Å². The zero-order valence-electron chi connectivity index (χ0n) is 19.7. The average molecular weight is 474 g/mol. The van der Waals surface area contributed by atoms with Crippen LogP contribution in [0.1, 0.15) is 57.4 Å². The first-order chi connectivity index (χ1) is 15.6. The van der Waals surface area contributed by atoms with Gasteiger partial charge in [-0.05, 0) is 56.9 Å². The van der Waals surface area contributed by atoms with Crippen LogP contribution in [0.3, 0.4) is 0 Å². The summed E-state index contributed by atoms with van der Waals surface area (Å²) < 4.78 is 12.1. The van der Waals surface area contributed by atoms with E-state index in [4.69, 9.17) is 9.47 Å². The molecule has 2 saturated heterocycles. The highest BCUT2D eigenvalue weighted by atomic mass is 16.7. The molecular weight excluding hydrogens is 442 g/mol. The summed E-state index contributed by atoms with van der Waals surface area (Å²) in [6.07, 6.45) is -1.39. The summed E-state index contributed by atoms with van der Waals surface area (Å²) in [7, 11) is 0. The normalized spacial score (nSPS) is 54.5. The molecule has 9 nitrogen and oxygen atoms in total. The number of carbonyl (C=O) groups is 1. The number of carbonyl (C=O) groups excluding carboxylic acids is 1. The van der Waals surface area contributed by atoms with Gasteiger partial charge in [0.2, 0.25) is 0 Å². The van der Waals surface area contributed by atoms with E-state index in [9.17, 15) is 30.3 Å². The van der Waals surface area contributed by atoms with Crippen molar-refractivity contribution < 1.29 is 39.8 Å². The molecule has 0 amide bonds. The third kappa shape index (κ3) is 1.64. The van der Waals surface area contributed by atoms with Crippen LogP contribution in [0.2, 0.25) is 0 Å². The predicted molar refractivity (Wildman–Crippen MR) is 117 cm³/mol. The van der Waals surface area contributed by atoms with E-state index >= 15 is 0 Å². The quantitative estimate of drug-likeness (QED) is 0.271. The van der Waals surface area contributed by atoms with E-state index in [2.05, 4.69) is 11.6 Å². The van der Waals surface area contributed by atoms with Crippen LogP contribution >= 0.6 is 0 Å². The fourth-order valence-corrected chi connectivity index (χ4v) is 8.84. The summed E-state index contributed by atoms with van der Waals surface area (Å²) in [5, 5.41) is 61.1. The zero-order chi connectivity index (χ0) is 24.9. The number of hydrogen-bond donors (Lipinski definition) is 6. The molecule has 0 radical (unpaired) electrons. The summed E-state index contributed by atoms with van der Waals surface area (Å²) in [5.74, 6) is -2.82. The van der Waals surface area contributed by atoms with Gasteiger partial charge in [-0.1, -0.05) is 19.1 Å². The molecule has 9 heteroatoms. The average Bonchev–Trinajstić information content (AvgIpc) is 3.38. The van der Waals surface area contributed by atoms with Crippen LogP contribution in [-0.4, -0.2) is 76.9 Å². The highest BCUT2D eigenvalue weighted by Gasteiger charge is 3.07. The van der Waals surface area contributed by atoms with Crippen molar-refractivity contribution in [2.24, 2.45) is 10.8 Å². The van der Waals surface area contributed by atoms with Gasteiger partial charge in [0.25, 0.3) is 0 Å². The smallest absolute Gasteiger partial charge is 0.355 e. The lowest BCUT2D eigenvalue weighted by atomic mass is 9.54. The van der Waals surface area contributed by atoms with Gasteiger partial charge in [-0.3, -0.25) is 0 Å². The Kier molecular flexibility index (Phi) is 3.76. The van der Waals surface area contributed by atoms with E-state index in [0.29, 0.717) is 16.7 Å². The Morgan fingerprint density at radius 2 is 1.91 bits per heavy atom. The van der Waals surface area contributed by atoms with Crippen molar-refractivity contribution in [1.82, 2.24) is 4.98 Å². The molecule has 7 rings (SSSR count). The minimum atomic E-state index is -2.42. The van der Waals surface area contributed by atoms with Crippen LogP contribution < -0.4 is 0 Å². The van der Waals surface area contributed by atoms with Crippen molar-refractivity contribution in [2.75, 3.05) is 0 Å². The summed E-state index contributed by atoms with van der Waals surface area (Å²) in [4.78, 5) is 15.9. The largest absolute Gasteiger partial charge is 0.450 e. The molecule has 6 aliphatic rings. The molecule has 34 heavy (non-hydrogen) atoms. The molecule has 6 fully saturated rings. The molecule has 1 aromatic heterocycles. The van der Waals surface area contributed by atoms with Crippen LogP contribution in [0.4, 0.5) is 0 Å². The van der Waals surface area contributed by atoms with Gasteiger partial charge in [0.05, 0.1) is 5.41 Å². The summed E-state index contributed by atoms with van der Waals surface area (Å²) in [5.41, 5.74) is -10.8. The second-order valence-corrected chi connectivity index (χ2v) is 11.4. The van der Waals surface area contributed by atoms with Crippen molar-refractivity contribution in [3.8, 4) is 0 Å². The van der Waals surface area contributed by atoms with Crippen molar-refractivity contribution in [3.63, 3.8) is 0 Å². The number of H-pyrrole nitrogens is 1. The number of hydrogen-bond acceptors (Lipinski definition) is 8. The van der Waals surface area contributed by atoms with E-state index in [-0.39, 0.29) is 25.0 Å². The Bertz CT molecular complexity index is 1190. The van der Waals surface area contributed by atoms with Crippen molar-refractivity contribution in [2.45, 2.75) is 87.4 Å².